The molecule has 0 atom stereocenters. The van der Waals surface area contributed by atoms with Crippen LogP contribution in [0.3, 0.4) is 0 Å². The first-order valence-corrected chi connectivity index (χ1v) is 11.0. The summed E-state index contributed by atoms with van der Waals surface area (Å²) in [4.78, 5) is 12.3. The molecule has 7 heteroatoms. The number of carbonyl (C=O) groups excluding carboxylic acids is 1. The maximum absolute atomic E-state index is 12.3. The summed E-state index contributed by atoms with van der Waals surface area (Å²) in [7, 11) is -0.586. The van der Waals surface area contributed by atoms with Crippen molar-refractivity contribution in [2.24, 2.45) is 0 Å². The van der Waals surface area contributed by atoms with Crippen LogP contribution in [0, 0.1) is 0 Å². The third-order valence-electron chi connectivity index (χ3n) is 6.11. The number of alkyl carbamates (subject to hydrolysis) is 1. The fourth-order valence-corrected chi connectivity index (χ4v) is 3.38. The number of hydrogen-bond donors (Lipinski definition) is 2. The molecule has 0 aliphatic carbocycles. The minimum Gasteiger partial charge on any atom is -0.445 e. The summed E-state index contributed by atoms with van der Waals surface area (Å²) >= 11 is 0. The van der Waals surface area contributed by atoms with Gasteiger partial charge in [0.25, 0.3) is 0 Å². The highest BCUT2D eigenvalue weighted by molar-refractivity contribution is 6.56. The Morgan fingerprint density at radius 3 is 2.38 bits per heavy atom. The van der Waals surface area contributed by atoms with Crippen LogP contribution < -0.4 is 11.1 Å². The van der Waals surface area contributed by atoms with Crippen molar-refractivity contribution in [1.82, 2.24) is 5.32 Å². The lowest BCUT2D eigenvalue weighted by Crippen LogP contribution is -2.41. The zero-order valence-electron chi connectivity index (χ0n) is 19.6. The molecular weight excluding hydrogens is 403 g/mol. The number of hydrogen-bond acceptors (Lipinski definition) is 5. The molecule has 1 heterocycles. The number of amides is 1. The van der Waals surface area contributed by atoms with Crippen LogP contribution >= 0.6 is 0 Å². The van der Waals surface area contributed by atoms with Crippen LogP contribution in [0.1, 0.15) is 51.3 Å². The Balaban J connectivity index is 1.76. The number of ether oxygens (including phenoxy) is 1. The predicted molar refractivity (Wildman–Crippen MR) is 129 cm³/mol. The van der Waals surface area contributed by atoms with Crippen LogP contribution in [-0.2, 0) is 27.1 Å². The molecule has 170 valence electrons. The quantitative estimate of drug-likeness (QED) is 0.483. The number of rotatable bonds is 7. The SMILES string of the molecule is CCc1cc(C=C(CNC(=O)OCc2ccccc2)B2OC(C)(C)C(C)(C)O2)ccc1N. The van der Waals surface area contributed by atoms with E-state index in [0.717, 1.165) is 34.3 Å². The number of nitrogens with two attached hydrogens (primary N) is 1. The Morgan fingerprint density at radius 2 is 1.75 bits per heavy atom. The molecule has 0 saturated carbocycles. The van der Waals surface area contributed by atoms with E-state index in [1.165, 1.54) is 0 Å². The highest BCUT2D eigenvalue weighted by Gasteiger charge is 2.52. The summed E-state index contributed by atoms with van der Waals surface area (Å²) in [6.07, 6.45) is 2.32. The van der Waals surface area contributed by atoms with Crippen LogP contribution in [0.2, 0.25) is 0 Å². The van der Waals surface area contributed by atoms with E-state index in [1.54, 1.807) is 0 Å². The van der Waals surface area contributed by atoms with Crippen LogP contribution in [0.25, 0.3) is 6.08 Å². The van der Waals surface area contributed by atoms with E-state index in [1.807, 2.05) is 82.3 Å². The Kier molecular flexibility index (Phi) is 7.31. The van der Waals surface area contributed by atoms with Gasteiger partial charge >= 0.3 is 13.2 Å². The number of nitrogens with one attached hydrogen (secondary N) is 1. The fourth-order valence-electron chi connectivity index (χ4n) is 3.38. The van der Waals surface area contributed by atoms with E-state index < -0.39 is 24.4 Å². The van der Waals surface area contributed by atoms with Crippen LogP contribution in [0.15, 0.2) is 54.0 Å². The van der Waals surface area contributed by atoms with Gasteiger partial charge < -0.3 is 25.1 Å². The van der Waals surface area contributed by atoms with Gasteiger partial charge in [0.2, 0.25) is 0 Å². The van der Waals surface area contributed by atoms with Crippen molar-refractivity contribution in [3.8, 4) is 0 Å². The maximum atomic E-state index is 12.3. The molecule has 1 aliphatic heterocycles. The highest BCUT2D eigenvalue weighted by Crippen LogP contribution is 2.38. The first-order valence-electron chi connectivity index (χ1n) is 11.0. The molecule has 2 aromatic carbocycles. The second-order valence-corrected chi connectivity index (χ2v) is 9.03. The second kappa shape index (κ2) is 9.80. The molecule has 2 aromatic rings. The van der Waals surface area contributed by atoms with Gasteiger partial charge in [-0.05, 0) is 68.4 Å². The Labute approximate surface area is 191 Å². The molecule has 1 saturated heterocycles. The smallest absolute Gasteiger partial charge is 0.445 e. The molecule has 3 N–H and O–H groups in total. The van der Waals surface area contributed by atoms with Gasteiger partial charge in [0.05, 0.1) is 11.2 Å². The third-order valence-corrected chi connectivity index (χ3v) is 6.11. The molecule has 0 radical (unpaired) electrons. The number of anilines is 1. The number of carbonyl (C=O) groups is 1. The fraction of sp³-hybridized carbons (Fsp3) is 0.400. The van der Waals surface area contributed by atoms with Crippen LogP contribution in [0.4, 0.5) is 10.5 Å². The van der Waals surface area contributed by atoms with Crippen molar-refractivity contribution >= 4 is 25.0 Å². The van der Waals surface area contributed by atoms with E-state index in [9.17, 15) is 4.79 Å². The molecule has 6 nitrogen and oxygen atoms in total. The van der Waals surface area contributed by atoms with Crippen molar-refractivity contribution in [3.63, 3.8) is 0 Å². The van der Waals surface area contributed by atoms with Crippen molar-refractivity contribution in [2.45, 2.75) is 58.8 Å². The van der Waals surface area contributed by atoms with E-state index in [0.29, 0.717) is 0 Å². The van der Waals surface area contributed by atoms with Gasteiger partial charge in [-0.3, -0.25) is 0 Å². The van der Waals surface area contributed by atoms with E-state index in [4.69, 9.17) is 19.8 Å². The highest BCUT2D eigenvalue weighted by atomic mass is 16.7. The Hall–Kier alpha value is -2.77. The topological polar surface area (TPSA) is 82.8 Å². The van der Waals surface area contributed by atoms with E-state index in [2.05, 4.69) is 12.2 Å². The van der Waals surface area contributed by atoms with Gasteiger partial charge in [0.15, 0.2) is 0 Å². The normalized spacial score (nSPS) is 17.3. The lowest BCUT2D eigenvalue weighted by Gasteiger charge is -2.32. The summed E-state index contributed by atoms with van der Waals surface area (Å²) in [5, 5.41) is 2.83. The molecule has 1 aliphatic rings. The monoisotopic (exact) mass is 436 g/mol. The lowest BCUT2D eigenvalue weighted by atomic mass is 9.77. The molecule has 1 amide bonds. The number of benzene rings is 2. The van der Waals surface area contributed by atoms with Gasteiger partial charge in [-0.15, -0.1) is 0 Å². The molecule has 32 heavy (non-hydrogen) atoms. The van der Waals surface area contributed by atoms with Crippen molar-refractivity contribution in [3.05, 3.63) is 70.7 Å². The Bertz CT molecular complexity index is 957. The summed E-state index contributed by atoms with van der Waals surface area (Å²) in [6.45, 7) is 10.5. The zero-order valence-corrected chi connectivity index (χ0v) is 19.6. The van der Waals surface area contributed by atoms with Crippen LogP contribution in [-0.4, -0.2) is 31.0 Å². The molecule has 0 unspecified atom stereocenters. The molecular formula is C25H33BN2O4. The predicted octanol–water partition coefficient (Wildman–Crippen LogP) is 4.77. The molecule has 3 rings (SSSR count). The van der Waals surface area contributed by atoms with Gasteiger partial charge in [-0.1, -0.05) is 49.4 Å². The van der Waals surface area contributed by atoms with Crippen molar-refractivity contribution in [1.29, 1.82) is 0 Å². The average molecular weight is 436 g/mol. The average Bonchev–Trinajstić information content (AvgIpc) is 2.98. The summed E-state index contributed by atoms with van der Waals surface area (Å²) < 4.78 is 17.8. The summed E-state index contributed by atoms with van der Waals surface area (Å²) in [5.41, 5.74) is 9.63. The van der Waals surface area contributed by atoms with E-state index in [-0.39, 0.29) is 13.2 Å². The van der Waals surface area contributed by atoms with E-state index >= 15 is 0 Å². The minimum atomic E-state index is -0.586. The maximum Gasteiger partial charge on any atom is 0.492 e. The first-order chi connectivity index (χ1) is 15.1. The first kappa shape index (κ1) is 23.9. The number of aryl methyl sites for hydroxylation is 1. The standard InChI is InChI=1S/C25H33BN2O4/c1-6-20-14-19(12-13-22(20)27)15-21(26-31-24(2,3)25(4,5)32-26)16-28-23(29)30-17-18-10-8-7-9-11-18/h7-15H,6,16-17,27H2,1-5H3,(H,28,29). The lowest BCUT2D eigenvalue weighted by molar-refractivity contribution is 0.00578. The largest absolute Gasteiger partial charge is 0.492 e. The molecule has 1 fully saturated rings. The Morgan fingerprint density at radius 1 is 1.09 bits per heavy atom. The molecule has 0 spiro atoms. The molecule has 0 aromatic heterocycles. The van der Waals surface area contributed by atoms with Gasteiger partial charge in [-0.2, -0.15) is 0 Å². The second-order valence-electron chi connectivity index (χ2n) is 9.03. The zero-order chi connectivity index (χ0) is 23.4. The van der Waals surface area contributed by atoms with Crippen LogP contribution in [0.5, 0.6) is 0 Å². The van der Waals surface area contributed by atoms with Gasteiger partial charge in [-0.25, -0.2) is 4.79 Å². The minimum absolute atomic E-state index is 0.208. The van der Waals surface area contributed by atoms with Crippen molar-refractivity contribution < 1.29 is 18.8 Å². The molecule has 0 bridgehead atoms. The summed E-state index contributed by atoms with van der Waals surface area (Å²) in [5.74, 6) is 0. The van der Waals surface area contributed by atoms with Gasteiger partial charge in [0, 0.05) is 12.2 Å². The summed E-state index contributed by atoms with van der Waals surface area (Å²) in [6, 6.07) is 15.5. The third kappa shape index (κ3) is 5.72. The number of nitrogen functional groups attached to an aromatic ring is 1. The van der Waals surface area contributed by atoms with Gasteiger partial charge in [0.1, 0.15) is 6.61 Å². The van der Waals surface area contributed by atoms with Crippen molar-refractivity contribution in [2.75, 3.05) is 12.3 Å².